The van der Waals surface area contributed by atoms with Gasteiger partial charge in [-0.2, -0.15) is 4.39 Å². The molecule has 1 aliphatic heterocycles. The summed E-state index contributed by atoms with van der Waals surface area (Å²) in [7, 11) is 1.39. The second kappa shape index (κ2) is 11.0. The summed E-state index contributed by atoms with van der Waals surface area (Å²) in [6, 6.07) is 20.4. The molecule has 0 unspecified atom stereocenters. The lowest BCUT2D eigenvalue weighted by atomic mass is 10.1. The molecular weight excluding hydrogens is 473 g/mol. The molecule has 3 amide bonds. The number of imide groups is 1. The van der Waals surface area contributed by atoms with E-state index in [1.165, 1.54) is 18.0 Å². The highest BCUT2D eigenvalue weighted by Crippen LogP contribution is 2.23. The van der Waals surface area contributed by atoms with Crippen LogP contribution in [0.2, 0.25) is 0 Å². The molecule has 0 saturated carbocycles. The molecular formula is C28H28FN5O3. The van der Waals surface area contributed by atoms with Gasteiger partial charge in [-0.1, -0.05) is 62.4 Å². The SMILES string of the molecule is CC(C)CN1C(=N)/C(=C(\NCc2ccc(-c3cccc(F)n3)cc2)Oc2ccccc2)C(=O)N(C)C1=O. The number of carbonyl (C=O) groups is 2. The lowest BCUT2D eigenvalue weighted by Crippen LogP contribution is -2.56. The predicted octanol–water partition coefficient (Wildman–Crippen LogP) is 4.80. The zero-order valence-electron chi connectivity index (χ0n) is 20.9. The van der Waals surface area contributed by atoms with Gasteiger partial charge in [-0.05, 0) is 35.7 Å². The maximum atomic E-state index is 13.5. The van der Waals surface area contributed by atoms with Crippen LogP contribution < -0.4 is 10.1 Å². The first-order chi connectivity index (χ1) is 17.7. The number of hydrogen-bond donors (Lipinski definition) is 2. The number of hydrogen-bond acceptors (Lipinski definition) is 6. The molecule has 0 atom stereocenters. The third-order valence-corrected chi connectivity index (χ3v) is 5.70. The number of likely N-dealkylation sites (N-methyl/N-ethyl adjacent to an activating group) is 1. The minimum Gasteiger partial charge on any atom is -0.440 e. The Bertz CT molecular complexity index is 1340. The lowest BCUT2D eigenvalue weighted by molar-refractivity contribution is -0.124. The first-order valence-corrected chi connectivity index (χ1v) is 11.9. The summed E-state index contributed by atoms with van der Waals surface area (Å²) >= 11 is 0. The summed E-state index contributed by atoms with van der Waals surface area (Å²) in [4.78, 5) is 32.1. The fourth-order valence-electron chi connectivity index (χ4n) is 3.83. The average molecular weight is 502 g/mol. The van der Waals surface area contributed by atoms with E-state index < -0.39 is 17.9 Å². The summed E-state index contributed by atoms with van der Waals surface area (Å²) in [6.07, 6.45) is 0. The second-order valence-corrected chi connectivity index (χ2v) is 9.02. The molecule has 2 heterocycles. The van der Waals surface area contributed by atoms with Gasteiger partial charge in [-0.3, -0.25) is 20.0 Å². The van der Waals surface area contributed by atoms with E-state index in [2.05, 4.69) is 10.3 Å². The van der Waals surface area contributed by atoms with E-state index in [1.54, 1.807) is 36.4 Å². The third-order valence-electron chi connectivity index (χ3n) is 5.70. The van der Waals surface area contributed by atoms with E-state index in [0.717, 1.165) is 16.0 Å². The van der Waals surface area contributed by atoms with Crippen LogP contribution in [0.15, 0.2) is 84.3 Å². The molecule has 37 heavy (non-hydrogen) atoms. The van der Waals surface area contributed by atoms with Gasteiger partial charge in [0.05, 0.1) is 5.69 Å². The number of carbonyl (C=O) groups excluding carboxylic acids is 2. The van der Waals surface area contributed by atoms with Gasteiger partial charge in [0.2, 0.25) is 11.8 Å². The summed E-state index contributed by atoms with van der Waals surface area (Å²) in [6.45, 7) is 4.42. The highest BCUT2D eigenvalue weighted by Gasteiger charge is 2.40. The molecule has 8 nitrogen and oxygen atoms in total. The standard InChI is InChI=1S/C28H28FN5O3/c1-18(2)17-34-25(30)24(27(35)33(3)28(34)36)26(37-21-8-5-4-6-9-21)31-16-19-12-14-20(15-13-19)22-10-7-11-23(29)32-22/h4-15,18,30-31H,16-17H2,1-3H3/b26-24-,30-25?. The van der Waals surface area contributed by atoms with Gasteiger partial charge in [0.25, 0.3) is 5.91 Å². The van der Waals surface area contributed by atoms with E-state index in [9.17, 15) is 14.0 Å². The van der Waals surface area contributed by atoms with Crippen LogP contribution >= 0.6 is 0 Å². The monoisotopic (exact) mass is 501 g/mol. The molecule has 1 saturated heterocycles. The zero-order valence-corrected chi connectivity index (χ0v) is 20.9. The molecule has 3 aromatic rings. The Morgan fingerprint density at radius 3 is 2.38 bits per heavy atom. The summed E-state index contributed by atoms with van der Waals surface area (Å²) in [5.41, 5.74) is 2.10. The smallest absolute Gasteiger partial charge is 0.332 e. The summed E-state index contributed by atoms with van der Waals surface area (Å²) < 4.78 is 19.5. The molecule has 0 radical (unpaired) electrons. The number of urea groups is 1. The van der Waals surface area contributed by atoms with Gasteiger partial charge in [0.15, 0.2) is 0 Å². The first kappa shape index (κ1) is 25.6. The van der Waals surface area contributed by atoms with Crippen molar-refractivity contribution < 1.29 is 18.7 Å². The molecule has 0 spiro atoms. The number of para-hydroxylation sites is 1. The number of amidine groups is 1. The van der Waals surface area contributed by atoms with Crippen molar-refractivity contribution in [2.75, 3.05) is 13.6 Å². The zero-order chi connectivity index (χ0) is 26.5. The summed E-state index contributed by atoms with van der Waals surface area (Å²) in [5.74, 6) is -0.753. The maximum Gasteiger partial charge on any atom is 0.332 e. The van der Waals surface area contributed by atoms with Gasteiger partial charge < -0.3 is 10.1 Å². The van der Waals surface area contributed by atoms with E-state index in [4.69, 9.17) is 10.1 Å². The van der Waals surface area contributed by atoms with Gasteiger partial charge in [0, 0.05) is 25.7 Å². The van der Waals surface area contributed by atoms with Gasteiger partial charge >= 0.3 is 6.03 Å². The quantitative estimate of drug-likeness (QED) is 0.263. The highest BCUT2D eigenvalue weighted by molar-refractivity contribution is 6.29. The largest absolute Gasteiger partial charge is 0.440 e. The molecule has 9 heteroatoms. The van der Waals surface area contributed by atoms with Crippen LogP contribution in [0.3, 0.4) is 0 Å². The molecule has 2 N–H and O–H groups in total. The Kier molecular flexibility index (Phi) is 7.62. The minimum atomic E-state index is -0.624. The average Bonchev–Trinajstić information content (AvgIpc) is 2.89. The van der Waals surface area contributed by atoms with Crippen LogP contribution in [-0.2, 0) is 11.3 Å². The van der Waals surface area contributed by atoms with Crippen LogP contribution in [0.4, 0.5) is 9.18 Å². The third kappa shape index (κ3) is 5.83. The van der Waals surface area contributed by atoms with Crippen molar-refractivity contribution in [3.63, 3.8) is 0 Å². The molecule has 0 bridgehead atoms. The van der Waals surface area contributed by atoms with Crippen molar-refractivity contribution in [3.05, 3.63) is 95.8 Å². The van der Waals surface area contributed by atoms with Crippen LogP contribution in [0, 0.1) is 17.3 Å². The summed E-state index contributed by atoms with van der Waals surface area (Å²) in [5, 5.41) is 11.9. The molecule has 1 fully saturated rings. The Morgan fingerprint density at radius 1 is 1.03 bits per heavy atom. The van der Waals surface area contributed by atoms with Gasteiger partial charge in [-0.15, -0.1) is 0 Å². The highest BCUT2D eigenvalue weighted by atomic mass is 19.1. The number of nitrogens with zero attached hydrogens (tertiary/aromatic N) is 3. The van der Waals surface area contributed by atoms with Crippen LogP contribution in [-0.4, -0.2) is 46.2 Å². The van der Waals surface area contributed by atoms with E-state index in [-0.39, 0.29) is 36.3 Å². The number of aromatic nitrogens is 1. The molecule has 1 aliphatic rings. The Labute approximate surface area is 214 Å². The van der Waals surface area contributed by atoms with Crippen molar-refractivity contribution >= 4 is 17.8 Å². The number of pyridine rings is 1. The van der Waals surface area contributed by atoms with E-state index in [0.29, 0.717) is 11.4 Å². The number of nitrogens with one attached hydrogen (secondary N) is 2. The molecule has 0 aliphatic carbocycles. The van der Waals surface area contributed by atoms with E-state index >= 15 is 0 Å². The number of halogens is 1. The Balaban J connectivity index is 1.64. The van der Waals surface area contributed by atoms with Crippen LogP contribution in [0.5, 0.6) is 5.75 Å². The topological polar surface area (TPSA) is 98.6 Å². The van der Waals surface area contributed by atoms with E-state index in [1.807, 2.05) is 44.2 Å². The minimum absolute atomic E-state index is 0.0350. The molecule has 2 aromatic carbocycles. The van der Waals surface area contributed by atoms with Crippen molar-refractivity contribution in [2.24, 2.45) is 5.92 Å². The fraction of sp³-hybridized carbons (Fsp3) is 0.214. The Morgan fingerprint density at radius 2 is 1.73 bits per heavy atom. The molecule has 190 valence electrons. The fourth-order valence-corrected chi connectivity index (χ4v) is 3.83. The maximum absolute atomic E-state index is 13.5. The lowest BCUT2D eigenvalue weighted by Gasteiger charge is -2.35. The van der Waals surface area contributed by atoms with Crippen molar-refractivity contribution in [3.8, 4) is 17.0 Å². The number of ether oxygens (including phenoxy) is 1. The number of benzene rings is 2. The van der Waals surface area contributed by atoms with Gasteiger partial charge in [-0.25, -0.2) is 9.78 Å². The first-order valence-electron chi connectivity index (χ1n) is 11.9. The number of amides is 3. The number of rotatable bonds is 8. The van der Waals surface area contributed by atoms with Gasteiger partial charge in [0.1, 0.15) is 17.2 Å². The Hall–Kier alpha value is -4.53. The van der Waals surface area contributed by atoms with Crippen molar-refractivity contribution in [1.29, 1.82) is 5.41 Å². The van der Waals surface area contributed by atoms with Crippen LogP contribution in [0.25, 0.3) is 11.3 Å². The van der Waals surface area contributed by atoms with Crippen molar-refractivity contribution in [1.82, 2.24) is 20.1 Å². The predicted molar refractivity (Wildman–Crippen MR) is 138 cm³/mol. The van der Waals surface area contributed by atoms with Crippen molar-refractivity contribution in [2.45, 2.75) is 20.4 Å². The second-order valence-electron chi connectivity index (χ2n) is 9.02. The molecule has 1 aromatic heterocycles. The normalized spacial score (nSPS) is 15.3. The molecule has 4 rings (SSSR count). The van der Waals surface area contributed by atoms with Crippen LogP contribution in [0.1, 0.15) is 19.4 Å².